The van der Waals surface area contributed by atoms with E-state index in [0.29, 0.717) is 0 Å². The fourth-order valence-corrected chi connectivity index (χ4v) is 3.97. The smallest absolute Gasteiger partial charge is 0.254 e. The standard InChI is InChI=1S/C18H16ClF2NO3S/c1-26(24,25)17-8-11(3-7-15(17)19)18(23)22(14-5-6-14)10-12-2-4-13(20)9-16(12)21/h2-4,7-9,14H,5-6,10H2,1H3. The van der Waals surface area contributed by atoms with Gasteiger partial charge >= 0.3 is 0 Å². The highest BCUT2D eigenvalue weighted by Gasteiger charge is 2.34. The Morgan fingerprint density at radius 1 is 1.19 bits per heavy atom. The summed E-state index contributed by atoms with van der Waals surface area (Å²) in [4.78, 5) is 14.2. The first-order chi connectivity index (χ1) is 12.2. The first kappa shape index (κ1) is 18.8. The van der Waals surface area contributed by atoms with Gasteiger partial charge in [0.15, 0.2) is 9.84 Å². The second-order valence-electron chi connectivity index (χ2n) is 6.32. The number of sulfone groups is 1. The van der Waals surface area contributed by atoms with Gasteiger partial charge in [-0.05, 0) is 37.1 Å². The molecule has 0 aromatic heterocycles. The molecule has 1 fully saturated rings. The summed E-state index contributed by atoms with van der Waals surface area (Å²) in [5.74, 6) is -1.83. The van der Waals surface area contributed by atoms with Gasteiger partial charge in [0.2, 0.25) is 0 Å². The molecule has 0 unspecified atom stereocenters. The maximum atomic E-state index is 14.0. The van der Waals surface area contributed by atoms with E-state index in [1.54, 1.807) is 0 Å². The van der Waals surface area contributed by atoms with Crippen molar-refractivity contribution in [1.29, 1.82) is 0 Å². The second kappa shape index (κ2) is 6.96. The molecule has 0 heterocycles. The molecule has 0 aliphatic heterocycles. The lowest BCUT2D eigenvalue weighted by Gasteiger charge is -2.23. The Hall–Kier alpha value is -1.99. The van der Waals surface area contributed by atoms with Crippen molar-refractivity contribution < 1.29 is 22.0 Å². The third-order valence-corrected chi connectivity index (χ3v) is 5.76. The number of nitrogens with zero attached hydrogens (tertiary/aromatic N) is 1. The monoisotopic (exact) mass is 399 g/mol. The van der Waals surface area contributed by atoms with Gasteiger partial charge < -0.3 is 4.90 Å². The molecule has 3 rings (SSSR count). The summed E-state index contributed by atoms with van der Waals surface area (Å²) in [6.07, 6.45) is 2.57. The van der Waals surface area contributed by atoms with Crippen molar-refractivity contribution in [1.82, 2.24) is 4.90 Å². The Morgan fingerprint density at radius 3 is 2.46 bits per heavy atom. The van der Waals surface area contributed by atoms with Gasteiger partial charge in [0, 0.05) is 36.0 Å². The molecule has 8 heteroatoms. The van der Waals surface area contributed by atoms with Gasteiger partial charge in [-0.2, -0.15) is 0 Å². The van der Waals surface area contributed by atoms with Gasteiger partial charge in [0.1, 0.15) is 11.6 Å². The lowest BCUT2D eigenvalue weighted by molar-refractivity contribution is 0.0728. The zero-order valence-electron chi connectivity index (χ0n) is 13.9. The molecule has 1 aliphatic carbocycles. The first-order valence-corrected chi connectivity index (χ1v) is 10.2. The van der Waals surface area contributed by atoms with Crippen LogP contribution in [0.1, 0.15) is 28.8 Å². The topological polar surface area (TPSA) is 54.5 Å². The molecule has 4 nitrogen and oxygen atoms in total. The van der Waals surface area contributed by atoms with Crippen molar-refractivity contribution in [3.8, 4) is 0 Å². The van der Waals surface area contributed by atoms with E-state index in [4.69, 9.17) is 11.6 Å². The number of hydrogen-bond donors (Lipinski definition) is 0. The van der Waals surface area contributed by atoms with E-state index in [1.165, 1.54) is 29.2 Å². The minimum atomic E-state index is -3.59. The number of benzene rings is 2. The van der Waals surface area contributed by atoms with E-state index in [1.807, 2.05) is 0 Å². The van der Waals surface area contributed by atoms with Crippen molar-refractivity contribution in [3.63, 3.8) is 0 Å². The number of halogens is 3. The van der Waals surface area contributed by atoms with E-state index < -0.39 is 27.4 Å². The highest BCUT2D eigenvalue weighted by molar-refractivity contribution is 7.90. The normalized spacial score (nSPS) is 14.3. The van der Waals surface area contributed by atoms with Gasteiger partial charge in [-0.15, -0.1) is 0 Å². The van der Waals surface area contributed by atoms with Crippen LogP contribution in [0.5, 0.6) is 0 Å². The zero-order chi connectivity index (χ0) is 19.1. The summed E-state index contributed by atoms with van der Waals surface area (Å²) in [7, 11) is -3.59. The average molecular weight is 400 g/mol. The fraction of sp³-hybridized carbons (Fsp3) is 0.278. The molecule has 1 aliphatic rings. The fourth-order valence-electron chi connectivity index (χ4n) is 2.67. The number of carbonyl (C=O) groups excluding carboxylic acids is 1. The van der Waals surface area contributed by atoms with E-state index in [2.05, 4.69) is 0 Å². The Kier molecular flexibility index (Phi) is 5.03. The van der Waals surface area contributed by atoms with Crippen LogP contribution in [0.3, 0.4) is 0 Å². The molecular weight excluding hydrogens is 384 g/mol. The average Bonchev–Trinajstić information content (AvgIpc) is 3.38. The molecule has 2 aromatic carbocycles. The molecule has 0 bridgehead atoms. The van der Waals surface area contributed by atoms with Crippen LogP contribution >= 0.6 is 11.6 Å². The first-order valence-electron chi connectivity index (χ1n) is 7.91. The number of rotatable bonds is 5. The summed E-state index contributed by atoms with van der Waals surface area (Å²) in [6, 6.07) is 7.19. The lowest BCUT2D eigenvalue weighted by atomic mass is 10.1. The summed E-state index contributed by atoms with van der Waals surface area (Å²) in [6.45, 7) is -0.0214. The third kappa shape index (κ3) is 4.04. The van der Waals surface area contributed by atoms with Crippen molar-refractivity contribution in [3.05, 3.63) is 64.2 Å². The van der Waals surface area contributed by atoms with E-state index in [-0.39, 0.29) is 33.6 Å². The van der Waals surface area contributed by atoms with Crippen molar-refractivity contribution in [2.45, 2.75) is 30.3 Å². The van der Waals surface area contributed by atoms with E-state index in [9.17, 15) is 22.0 Å². The molecular formula is C18H16ClF2NO3S. The van der Waals surface area contributed by atoms with Crippen molar-refractivity contribution in [2.75, 3.05) is 6.26 Å². The zero-order valence-corrected chi connectivity index (χ0v) is 15.4. The van der Waals surface area contributed by atoms with Gasteiger partial charge in [0.25, 0.3) is 5.91 Å². The molecule has 1 saturated carbocycles. The molecule has 0 saturated heterocycles. The predicted octanol–water partition coefficient (Wildman–Crippen LogP) is 3.83. The molecule has 2 aromatic rings. The Bertz CT molecular complexity index is 974. The van der Waals surface area contributed by atoms with Crippen LogP contribution in [-0.2, 0) is 16.4 Å². The van der Waals surface area contributed by atoms with E-state index in [0.717, 1.165) is 31.2 Å². The highest BCUT2D eigenvalue weighted by atomic mass is 35.5. The summed E-state index contributed by atoms with van der Waals surface area (Å²) < 4.78 is 50.7. The van der Waals surface area contributed by atoms with Crippen LogP contribution in [0.15, 0.2) is 41.3 Å². The van der Waals surface area contributed by atoms with Crippen LogP contribution in [-0.4, -0.2) is 31.5 Å². The number of hydrogen-bond acceptors (Lipinski definition) is 3. The Balaban J connectivity index is 1.93. The molecule has 0 atom stereocenters. The summed E-state index contributed by atoms with van der Waals surface area (Å²) in [5.41, 5.74) is 0.355. The second-order valence-corrected chi connectivity index (χ2v) is 8.71. The number of carbonyl (C=O) groups is 1. The maximum absolute atomic E-state index is 14.0. The highest BCUT2D eigenvalue weighted by Crippen LogP contribution is 2.31. The largest absolute Gasteiger partial charge is 0.331 e. The van der Waals surface area contributed by atoms with Gasteiger partial charge in [-0.25, -0.2) is 17.2 Å². The SMILES string of the molecule is CS(=O)(=O)c1cc(C(=O)N(Cc2ccc(F)cc2F)C2CC2)ccc1Cl. The van der Waals surface area contributed by atoms with E-state index >= 15 is 0 Å². The third-order valence-electron chi connectivity index (χ3n) is 4.18. The minimum Gasteiger partial charge on any atom is -0.331 e. The van der Waals surface area contributed by atoms with Crippen LogP contribution in [0.2, 0.25) is 5.02 Å². The predicted molar refractivity (Wildman–Crippen MR) is 93.8 cm³/mol. The van der Waals surface area contributed by atoms with Crippen LogP contribution in [0, 0.1) is 11.6 Å². The van der Waals surface area contributed by atoms with Crippen LogP contribution < -0.4 is 0 Å². The Morgan fingerprint density at radius 2 is 1.88 bits per heavy atom. The number of amides is 1. The molecule has 0 radical (unpaired) electrons. The minimum absolute atomic E-state index is 0.0214. The summed E-state index contributed by atoms with van der Waals surface area (Å²) >= 11 is 5.92. The molecule has 0 spiro atoms. The van der Waals surface area contributed by atoms with Gasteiger partial charge in [-0.3, -0.25) is 4.79 Å². The Labute approximate surface area is 155 Å². The lowest BCUT2D eigenvalue weighted by Crippen LogP contribution is -2.33. The van der Waals surface area contributed by atoms with Gasteiger partial charge in [0.05, 0.1) is 9.92 Å². The molecule has 138 valence electrons. The van der Waals surface area contributed by atoms with Gasteiger partial charge in [-0.1, -0.05) is 17.7 Å². The van der Waals surface area contributed by atoms with Crippen molar-refractivity contribution >= 4 is 27.3 Å². The molecule has 26 heavy (non-hydrogen) atoms. The van der Waals surface area contributed by atoms with Crippen molar-refractivity contribution in [2.24, 2.45) is 0 Å². The van der Waals surface area contributed by atoms with Crippen LogP contribution in [0.25, 0.3) is 0 Å². The van der Waals surface area contributed by atoms with Crippen LogP contribution in [0.4, 0.5) is 8.78 Å². The molecule has 1 amide bonds. The molecule has 0 N–H and O–H groups in total. The summed E-state index contributed by atoms with van der Waals surface area (Å²) in [5, 5.41) is 0.0339. The quantitative estimate of drug-likeness (QED) is 0.767. The maximum Gasteiger partial charge on any atom is 0.254 e.